The highest BCUT2D eigenvalue weighted by Gasteiger charge is 2.56. The summed E-state index contributed by atoms with van der Waals surface area (Å²) in [6.45, 7) is 14.6. The molecule has 4 aliphatic rings. The number of para-hydroxylation sites is 1. The first kappa shape index (κ1) is 43.1. The normalized spacial score (nSPS) is 20.1. The SMILES string of the molecule is CCCCCCC(C)(CC)c1ccc2c(c1)C1(C3=CC(C(C)(CCCCCC)Cc4cccc(Nc5ccccc5-c5ccccc5)c4)CC=C32)C2=C(C=CC2)c2ccc(C)cc21. The van der Waals surface area contributed by atoms with Crippen LogP contribution in [0.25, 0.3) is 22.3 Å². The molecule has 1 nitrogen and oxygen atoms in total. The van der Waals surface area contributed by atoms with E-state index in [1.54, 1.807) is 16.7 Å². The van der Waals surface area contributed by atoms with Crippen molar-refractivity contribution in [3.63, 3.8) is 0 Å². The van der Waals surface area contributed by atoms with Crippen LogP contribution in [0.5, 0.6) is 0 Å². The summed E-state index contributed by atoms with van der Waals surface area (Å²) in [6, 6.07) is 43.9. The van der Waals surface area contributed by atoms with Gasteiger partial charge in [-0.2, -0.15) is 0 Å². The highest BCUT2D eigenvalue weighted by molar-refractivity contribution is 6.02. The van der Waals surface area contributed by atoms with Crippen LogP contribution in [-0.2, 0) is 17.3 Å². The molecule has 4 aliphatic carbocycles. The number of rotatable bonds is 18. The third kappa shape index (κ3) is 7.93. The van der Waals surface area contributed by atoms with Crippen molar-refractivity contribution in [3.8, 4) is 11.1 Å². The van der Waals surface area contributed by atoms with Gasteiger partial charge in [0.05, 0.1) is 5.41 Å². The second-order valence-corrected chi connectivity index (χ2v) is 20.2. The van der Waals surface area contributed by atoms with E-state index in [-0.39, 0.29) is 16.2 Å². The Bertz CT molecular complexity index is 2580. The van der Waals surface area contributed by atoms with Crippen LogP contribution in [-0.4, -0.2) is 0 Å². The molecule has 0 amide bonds. The number of aryl methyl sites for hydroxylation is 1. The fourth-order valence-electron chi connectivity index (χ4n) is 12.2. The molecule has 1 N–H and O–H groups in total. The van der Waals surface area contributed by atoms with Gasteiger partial charge in [0, 0.05) is 16.9 Å². The average molecular weight is 830 g/mol. The fourth-order valence-corrected chi connectivity index (χ4v) is 12.2. The molecule has 0 radical (unpaired) electrons. The van der Waals surface area contributed by atoms with Gasteiger partial charge in [-0.05, 0) is 142 Å². The van der Waals surface area contributed by atoms with Gasteiger partial charge in [0.1, 0.15) is 0 Å². The third-order valence-corrected chi connectivity index (χ3v) is 16.0. The van der Waals surface area contributed by atoms with Crippen LogP contribution in [0, 0.1) is 18.3 Å². The van der Waals surface area contributed by atoms with Crippen LogP contribution in [0.15, 0.2) is 151 Å². The Morgan fingerprint density at radius 2 is 1.43 bits per heavy atom. The lowest BCUT2D eigenvalue weighted by atomic mass is 9.62. The van der Waals surface area contributed by atoms with E-state index in [1.165, 1.54) is 120 Å². The highest BCUT2D eigenvalue weighted by Crippen LogP contribution is 2.67. The first-order valence-corrected chi connectivity index (χ1v) is 24.8. The van der Waals surface area contributed by atoms with E-state index in [9.17, 15) is 0 Å². The quantitative estimate of drug-likeness (QED) is 0.0868. The Balaban J connectivity index is 1.12. The maximum atomic E-state index is 3.85. The lowest BCUT2D eigenvalue weighted by molar-refractivity contribution is 0.197. The molecule has 0 saturated heterocycles. The van der Waals surface area contributed by atoms with Crippen molar-refractivity contribution in [1.29, 1.82) is 0 Å². The zero-order valence-electron chi connectivity index (χ0n) is 39.3. The van der Waals surface area contributed by atoms with Crippen LogP contribution >= 0.6 is 0 Å². The molecule has 5 aromatic carbocycles. The second kappa shape index (κ2) is 18.2. The van der Waals surface area contributed by atoms with Gasteiger partial charge in [-0.25, -0.2) is 0 Å². The summed E-state index contributed by atoms with van der Waals surface area (Å²) < 4.78 is 0. The largest absolute Gasteiger partial charge is 0.355 e. The van der Waals surface area contributed by atoms with E-state index in [0.717, 1.165) is 37.1 Å². The number of allylic oxidation sites excluding steroid dienone is 8. The third-order valence-electron chi connectivity index (χ3n) is 16.0. The van der Waals surface area contributed by atoms with E-state index in [2.05, 4.69) is 186 Å². The smallest absolute Gasteiger partial charge is 0.0688 e. The maximum absolute atomic E-state index is 3.85. The molecule has 63 heavy (non-hydrogen) atoms. The minimum absolute atomic E-state index is 0.0862. The van der Waals surface area contributed by atoms with Gasteiger partial charge in [0.25, 0.3) is 0 Å². The molecule has 0 bridgehead atoms. The molecule has 1 heteroatoms. The van der Waals surface area contributed by atoms with Gasteiger partial charge < -0.3 is 5.32 Å². The molecular formula is C62H71N. The van der Waals surface area contributed by atoms with Crippen LogP contribution in [0.4, 0.5) is 11.4 Å². The topological polar surface area (TPSA) is 12.0 Å². The van der Waals surface area contributed by atoms with Crippen LogP contribution in [0.3, 0.4) is 0 Å². The van der Waals surface area contributed by atoms with E-state index in [0.29, 0.717) is 5.92 Å². The number of hydrogen-bond donors (Lipinski definition) is 1. The van der Waals surface area contributed by atoms with Crippen molar-refractivity contribution in [3.05, 3.63) is 190 Å². The van der Waals surface area contributed by atoms with Gasteiger partial charge in [-0.1, -0.05) is 213 Å². The summed E-state index contributed by atoms with van der Waals surface area (Å²) in [6.07, 6.45) is 27.6. The molecule has 0 aromatic heterocycles. The van der Waals surface area contributed by atoms with Gasteiger partial charge in [0.15, 0.2) is 0 Å². The van der Waals surface area contributed by atoms with Gasteiger partial charge in [-0.3, -0.25) is 0 Å². The zero-order valence-corrected chi connectivity index (χ0v) is 39.3. The Labute approximate surface area is 380 Å². The summed E-state index contributed by atoms with van der Waals surface area (Å²) >= 11 is 0. The predicted molar refractivity (Wildman–Crippen MR) is 272 cm³/mol. The molecule has 5 aromatic rings. The van der Waals surface area contributed by atoms with Crippen molar-refractivity contribution in [2.24, 2.45) is 11.3 Å². The monoisotopic (exact) mass is 830 g/mol. The van der Waals surface area contributed by atoms with Gasteiger partial charge in [0.2, 0.25) is 0 Å². The zero-order chi connectivity index (χ0) is 43.6. The number of unbranched alkanes of at least 4 members (excludes halogenated alkanes) is 6. The lowest BCUT2D eigenvalue weighted by Gasteiger charge is -2.41. The fraction of sp³-hybridized carbons (Fsp3) is 0.387. The van der Waals surface area contributed by atoms with E-state index in [1.807, 2.05) is 0 Å². The standard InChI is InChI=1S/C62H71N/c1-7-10-12-19-37-60(5,9-3)47-32-35-53-54-36-33-48(42-58(54)62(57(53)41-47)55-29-22-28-51(55)52-34-31-44(4)39-56(52)62)61(6,38-20-13-11-8-2)43-45-23-21-26-49(40-45)63-59-30-18-17-27-50(59)46-24-15-14-16-25-46/h14-18,21-28,30-32,34-36,39-42,48,63H,7-13,19-20,29,33,37-38,43H2,1-6H3. The average Bonchev–Trinajstić information content (AvgIpc) is 3.98. The molecule has 0 fully saturated rings. The van der Waals surface area contributed by atoms with Crippen molar-refractivity contribution >= 4 is 22.5 Å². The Morgan fingerprint density at radius 3 is 2.22 bits per heavy atom. The number of hydrogen-bond acceptors (Lipinski definition) is 1. The molecule has 1 spiro atoms. The van der Waals surface area contributed by atoms with Crippen LogP contribution in [0.2, 0.25) is 0 Å². The van der Waals surface area contributed by atoms with E-state index < -0.39 is 0 Å². The number of benzene rings is 5. The first-order chi connectivity index (χ1) is 30.7. The predicted octanol–water partition coefficient (Wildman–Crippen LogP) is 17.6. The lowest BCUT2D eigenvalue weighted by Crippen LogP contribution is -2.33. The summed E-state index contributed by atoms with van der Waals surface area (Å²) in [7, 11) is 0. The molecule has 0 saturated carbocycles. The molecule has 4 unspecified atom stereocenters. The summed E-state index contributed by atoms with van der Waals surface area (Å²) in [5.74, 6) is 0.422. The molecule has 0 heterocycles. The molecule has 9 rings (SSSR count). The van der Waals surface area contributed by atoms with E-state index in [4.69, 9.17) is 0 Å². The summed E-state index contributed by atoms with van der Waals surface area (Å²) in [5, 5.41) is 3.85. The van der Waals surface area contributed by atoms with E-state index >= 15 is 0 Å². The van der Waals surface area contributed by atoms with Crippen molar-refractivity contribution < 1.29 is 0 Å². The van der Waals surface area contributed by atoms with Crippen molar-refractivity contribution in [1.82, 2.24) is 0 Å². The maximum Gasteiger partial charge on any atom is 0.0688 e. The Kier molecular flexibility index (Phi) is 12.4. The van der Waals surface area contributed by atoms with Crippen molar-refractivity contribution in [2.45, 2.75) is 142 Å². The van der Waals surface area contributed by atoms with Crippen LogP contribution < -0.4 is 5.32 Å². The van der Waals surface area contributed by atoms with Crippen LogP contribution in [0.1, 0.15) is 157 Å². The second-order valence-electron chi connectivity index (χ2n) is 20.2. The molecule has 4 atom stereocenters. The summed E-state index contributed by atoms with van der Waals surface area (Å²) in [4.78, 5) is 0. The Morgan fingerprint density at radius 1 is 0.683 bits per heavy atom. The van der Waals surface area contributed by atoms with Gasteiger partial charge >= 0.3 is 0 Å². The highest BCUT2D eigenvalue weighted by atomic mass is 14.9. The molecule has 0 aliphatic heterocycles. The van der Waals surface area contributed by atoms with Crippen molar-refractivity contribution in [2.75, 3.05) is 5.32 Å². The minimum Gasteiger partial charge on any atom is -0.355 e. The minimum atomic E-state index is -0.258. The summed E-state index contributed by atoms with van der Waals surface area (Å²) in [5.41, 5.74) is 21.2. The number of nitrogens with one attached hydrogen (secondary N) is 1. The molecule has 324 valence electrons. The first-order valence-electron chi connectivity index (χ1n) is 24.8. The van der Waals surface area contributed by atoms with Gasteiger partial charge in [-0.15, -0.1) is 0 Å². The number of fused-ring (bicyclic) bond motifs is 9. The number of anilines is 2. The Hall–Kier alpha value is -5.14. The molecular weight excluding hydrogens is 759 g/mol.